The summed E-state index contributed by atoms with van der Waals surface area (Å²) >= 11 is 0. The van der Waals surface area contributed by atoms with Crippen LogP contribution in [0.4, 0.5) is 0 Å². The van der Waals surface area contributed by atoms with Crippen LogP contribution in [0.2, 0.25) is 0 Å². The second-order valence-electron chi connectivity index (χ2n) is 6.78. The number of aliphatic hydroxyl groups excluding tert-OH is 1. The Hall–Kier alpha value is -3.44. The first kappa shape index (κ1) is 16.7. The van der Waals surface area contributed by atoms with Crippen LogP contribution in [0.3, 0.4) is 0 Å². The highest BCUT2D eigenvalue weighted by Crippen LogP contribution is 2.46. The number of fused-ring (bicyclic) bond motifs is 4. The average molecular weight is 372 g/mol. The number of rotatable bonds is 3. The van der Waals surface area contributed by atoms with Gasteiger partial charge in [-0.3, -0.25) is 0 Å². The van der Waals surface area contributed by atoms with Crippen LogP contribution in [-0.2, 0) is 11.8 Å². The first-order chi connectivity index (χ1) is 13.7. The molecule has 1 aromatic heterocycles. The van der Waals surface area contributed by atoms with Crippen molar-refractivity contribution in [3.63, 3.8) is 0 Å². The number of benzene rings is 3. The van der Waals surface area contributed by atoms with Crippen molar-refractivity contribution >= 4 is 27.6 Å². The second kappa shape index (κ2) is 6.32. The Balaban J connectivity index is 1.84. The maximum absolute atomic E-state index is 12.3. The van der Waals surface area contributed by atoms with E-state index in [-0.39, 0.29) is 13.2 Å². The summed E-state index contributed by atoms with van der Waals surface area (Å²) in [4.78, 5) is 12.3. The lowest BCUT2D eigenvalue weighted by molar-refractivity contribution is -0.632. The quantitative estimate of drug-likeness (QED) is 0.298. The number of aliphatic hydroxyl groups is 1. The Morgan fingerprint density at radius 2 is 1.86 bits per heavy atom. The molecule has 0 radical (unpaired) electrons. The van der Waals surface area contributed by atoms with Crippen LogP contribution in [0.15, 0.2) is 60.7 Å². The fourth-order valence-corrected chi connectivity index (χ4v) is 3.94. The van der Waals surface area contributed by atoms with E-state index in [0.717, 1.165) is 44.4 Å². The Labute approximate surface area is 161 Å². The highest BCUT2D eigenvalue weighted by atomic mass is 16.5. The van der Waals surface area contributed by atoms with Gasteiger partial charge in [0.15, 0.2) is 0 Å². The molecule has 0 aliphatic carbocycles. The van der Waals surface area contributed by atoms with Crippen molar-refractivity contribution in [3.05, 3.63) is 66.2 Å². The van der Waals surface area contributed by atoms with E-state index in [1.54, 1.807) is 6.07 Å². The average Bonchev–Trinajstić information content (AvgIpc) is 2.74. The normalized spacial score (nSPS) is 11.9. The van der Waals surface area contributed by atoms with Gasteiger partial charge in [0.1, 0.15) is 25.2 Å². The Kier molecular flexibility index (Phi) is 3.77. The van der Waals surface area contributed by atoms with Crippen molar-refractivity contribution in [2.75, 3.05) is 13.2 Å². The number of hydrogen-bond acceptors (Lipinski definition) is 4. The van der Waals surface area contributed by atoms with Crippen LogP contribution in [0.25, 0.3) is 32.9 Å². The van der Waals surface area contributed by atoms with Crippen LogP contribution in [0.1, 0.15) is 10.4 Å². The molecule has 0 fully saturated rings. The number of hydrogen-bond donors (Lipinski definition) is 1. The molecule has 5 heteroatoms. The van der Waals surface area contributed by atoms with Crippen molar-refractivity contribution in [1.82, 2.24) is 0 Å². The molecule has 5 nitrogen and oxygen atoms in total. The number of para-hydroxylation sites is 1. The molecule has 3 aromatic carbocycles. The third kappa shape index (κ3) is 2.37. The number of pyridine rings is 1. The first-order valence-corrected chi connectivity index (χ1v) is 9.13. The Morgan fingerprint density at radius 1 is 1.04 bits per heavy atom. The van der Waals surface area contributed by atoms with Gasteiger partial charge in [-0.05, 0) is 30.3 Å². The predicted molar refractivity (Wildman–Crippen MR) is 106 cm³/mol. The lowest BCUT2D eigenvalue weighted by atomic mass is 9.95. The Bertz CT molecular complexity index is 1260. The zero-order chi connectivity index (χ0) is 19.3. The van der Waals surface area contributed by atoms with Gasteiger partial charge in [-0.15, -0.1) is 0 Å². The second-order valence-corrected chi connectivity index (χ2v) is 6.78. The van der Waals surface area contributed by atoms with Crippen molar-refractivity contribution in [2.45, 2.75) is 0 Å². The van der Waals surface area contributed by atoms with Crippen molar-refractivity contribution in [1.29, 1.82) is 0 Å². The number of carbonyl (C=O) groups excluding carboxylic acids is 1. The molecule has 1 N–H and O–H groups in total. The molecule has 28 heavy (non-hydrogen) atoms. The van der Waals surface area contributed by atoms with E-state index in [2.05, 4.69) is 10.6 Å². The van der Waals surface area contributed by atoms with Gasteiger partial charge in [0.2, 0.25) is 11.2 Å². The first-order valence-electron chi connectivity index (χ1n) is 9.13. The van der Waals surface area contributed by atoms with Gasteiger partial charge in [0.05, 0.1) is 28.5 Å². The highest BCUT2D eigenvalue weighted by molar-refractivity contribution is 6.13. The molecule has 5 rings (SSSR count). The zero-order valence-electron chi connectivity index (χ0n) is 15.3. The standard InChI is InChI=1S/C23H18NO4/c1-24-18-13-14(23(26)27-12-11-25)9-10-15(18)16-6-4-8-20-21(16)22(24)17-5-2-3-7-19(17)28-20/h2-10,13,25H,11-12H2,1H3/q+1. The fourth-order valence-electron chi connectivity index (χ4n) is 3.94. The van der Waals surface area contributed by atoms with Crippen LogP contribution >= 0.6 is 0 Å². The summed E-state index contributed by atoms with van der Waals surface area (Å²) in [6.45, 7) is -0.207. The minimum absolute atomic E-state index is 0.0138. The van der Waals surface area contributed by atoms with Crippen molar-refractivity contribution in [3.8, 4) is 22.8 Å². The molecule has 0 unspecified atom stereocenters. The maximum Gasteiger partial charge on any atom is 0.338 e. The summed E-state index contributed by atoms with van der Waals surface area (Å²) in [5, 5.41) is 12.1. The number of aryl methyl sites for hydroxylation is 1. The minimum Gasteiger partial charge on any atom is -0.460 e. The van der Waals surface area contributed by atoms with Crippen molar-refractivity contribution < 1.29 is 23.9 Å². The topological polar surface area (TPSA) is 59.6 Å². The molecule has 2 heterocycles. The highest BCUT2D eigenvalue weighted by Gasteiger charge is 2.30. The number of nitrogens with zero attached hydrogens (tertiary/aromatic N) is 1. The lowest BCUT2D eigenvalue weighted by Gasteiger charge is -2.20. The molecule has 0 spiro atoms. The van der Waals surface area contributed by atoms with Gasteiger partial charge >= 0.3 is 5.97 Å². The van der Waals surface area contributed by atoms with Gasteiger partial charge in [-0.1, -0.05) is 24.3 Å². The summed E-state index contributed by atoms with van der Waals surface area (Å²) < 4.78 is 13.3. The fraction of sp³-hybridized carbons (Fsp3) is 0.130. The molecule has 4 aromatic rings. The van der Waals surface area contributed by atoms with Gasteiger partial charge in [0, 0.05) is 11.5 Å². The van der Waals surface area contributed by atoms with Gasteiger partial charge < -0.3 is 14.6 Å². The molecule has 1 aliphatic heterocycles. The van der Waals surface area contributed by atoms with Crippen LogP contribution in [0, 0.1) is 0 Å². The van der Waals surface area contributed by atoms with E-state index in [1.807, 2.05) is 55.6 Å². The van der Waals surface area contributed by atoms with Gasteiger partial charge in [-0.2, -0.15) is 4.57 Å². The van der Waals surface area contributed by atoms with E-state index < -0.39 is 5.97 Å². The third-order valence-corrected chi connectivity index (χ3v) is 5.17. The minimum atomic E-state index is -0.442. The van der Waals surface area contributed by atoms with Crippen LogP contribution in [0.5, 0.6) is 11.5 Å². The lowest BCUT2D eigenvalue weighted by Crippen LogP contribution is -2.33. The number of ether oxygens (including phenoxy) is 2. The molecule has 0 bridgehead atoms. The molecule has 0 saturated carbocycles. The molecule has 0 saturated heterocycles. The van der Waals surface area contributed by atoms with Crippen LogP contribution in [-0.4, -0.2) is 24.3 Å². The monoisotopic (exact) mass is 372 g/mol. The van der Waals surface area contributed by atoms with E-state index in [4.69, 9.17) is 14.6 Å². The zero-order valence-corrected chi connectivity index (χ0v) is 15.3. The molecule has 1 aliphatic rings. The van der Waals surface area contributed by atoms with Crippen LogP contribution < -0.4 is 9.30 Å². The molecular weight excluding hydrogens is 354 g/mol. The summed E-state index contributed by atoms with van der Waals surface area (Å²) in [7, 11) is 2.00. The van der Waals surface area contributed by atoms with E-state index in [1.165, 1.54) is 0 Å². The summed E-state index contributed by atoms with van der Waals surface area (Å²) in [6, 6.07) is 19.5. The van der Waals surface area contributed by atoms with Gasteiger partial charge in [0.25, 0.3) is 0 Å². The smallest absolute Gasteiger partial charge is 0.338 e. The SMILES string of the molecule is C[n+]1c2c3c(cccc3c3ccc(C(=O)OCCO)cc31)Oc1ccccc1-2. The maximum atomic E-state index is 12.3. The third-order valence-electron chi connectivity index (χ3n) is 5.17. The Morgan fingerprint density at radius 3 is 2.71 bits per heavy atom. The van der Waals surface area contributed by atoms with Gasteiger partial charge in [-0.25, -0.2) is 4.79 Å². The number of carbonyl (C=O) groups is 1. The summed E-state index contributed by atoms with van der Waals surface area (Å²) in [5.74, 6) is 1.20. The molecule has 0 amide bonds. The van der Waals surface area contributed by atoms with E-state index in [0.29, 0.717) is 5.56 Å². The van der Waals surface area contributed by atoms with E-state index >= 15 is 0 Å². The summed E-state index contributed by atoms with van der Waals surface area (Å²) in [6.07, 6.45) is 0. The van der Waals surface area contributed by atoms with E-state index in [9.17, 15) is 4.79 Å². The molecule has 0 atom stereocenters. The molecule has 138 valence electrons. The number of esters is 1. The predicted octanol–water partition coefficient (Wildman–Crippen LogP) is 3.74. The summed E-state index contributed by atoms with van der Waals surface area (Å²) in [5.41, 5.74) is 3.46. The molecular formula is C23H18NO4+. The largest absolute Gasteiger partial charge is 0.460 e. The number of aromatic nitrogens is 1. The van der Waals surface area contributed by atoms with Crippen molar-refractivity contribution in [2.24, 2.45) is 7.05 Å².